The SMILES string of the molecule is COC(=O)C1(Nc2cccc(OC)c2)CCNCC1C. The van der Waals surface area contributed by atoms with Crippen molar-refractivity contribution in [3.8, 4) is 5.75 Å². The summed E-state index contributed by atoms with van der Waals surface area (Å²) >= 11 is 0. The monoisotopic (exact) mass is 278 g/mol. The van der Waals surface area contributed by atoms with Crippen molar-refractivity contribution in [3.05, 3.63) is 24.3 Å². The molecule has 2 unspecified atom stereocenters. The van der Waals surface area contributed by atoms with Crippen LogP contribution in [0.2, 0.25) is 0 Å². The zero-order valence-electron chi connectivity index (χ0n) is 12.2. The molecule has 1 saturated heterocycles. The van der Waals surface area contributed by atoms with Crippen molar-refractivity contribution >= 4 is 11.7 Å². The summed E-state index contributed by atoms with van der Waals surface area (Å²) < 4.78 is 10.3. The van der Waals surface area contributed by atoms with Gasteiger partial charge < -0.3 is 20.1 Å². The van der Waals surface area contributed by atoms with Gasteiger partial charge in [0.05, 0.1) is 14.2 Å². The molecule has 0 aliphatic carbocycles. The molecule has 1 aliphatic rings. The molecule has 1 fully saturated rings. The minimum atomic E-state index is -0.688. The van der Waals surface area contributed by atoms with Gasteiger partial charge in [-0.15, -0.1) is 0 Å². The molecule has 0 amide bonds. The second kappa shape index (κ2) is 6.13. The van der Waals surface area contributed by atoms with Gasteiger partial charge in [-0.3, -0.25) is 0 Å². The maximum absolute atomic E-state index is 12.3. The Morgan fingerprint density at radius 2 is 2.25 bits per heavy atom. The van der Waals surface area contributed by atoms with Crippen LogP contribution in [0.3, 0.4) is 0 Å². The van der Waals surface area contributed by atoms with Crippen LogP contribution in [0.5, 0.6) is 5.75 Å². The lowest BCUT2D eigenvalue weighted by atomic mass is 9.79. The summed E-state index contributed by atoms with van der Waals surface area (Å²) in [6.45, 7) is 3.62. The topological polar surface area (TPSA) is 59.6 Å². The summed E-state index contributed by atoms with van der Waals surface area (Å²) in [6.07, 6.45) is 0.693. The van der Waals surface area contributed by atoms with Gasteiger partial charge in [0.1, 0.15) is 11.3 Å². The molecule has 0 aromatic heterocycles. The van der Waals surface area contributed by atoms with Crippen LogP contribution in [0, 0.1) is 5.92 Å². The van der Waals surface area contributed by atoms with Crippen LogP contribution < -0.4 is 15.4 Å². The van der Waals surface area contributed by atoms with E-state index in [0.717, 1.165) is 24.5 Å². The lowest BCUT2D eigenvalue weighted by Gasteiger charge is -2.41. The number of hydrogen-bond donors (Lipinski definition) is 2. The quantitative estimate of drug-likeness (QED) is 0.820. The van der Waals surface area contributed by atoms with E-state index in [1.807, 2.05) is 24.3 Å². The lowest BCUT2D eigenvalue weighted by Crippen LogP contribution is -2.59. The molecule has 2 rings (SSSR count). The Labute approximate surface area is 119 Å². The second-order valence-electron chi connectivity index (χ2n) is 5.18. The van der Waals surface area contributed by atoms with Crippen molar-refractivity contribution < 1.29 is 14.3 Å². The predicted octanol–water partition coefficient (Wildman–Crippen LogP) is 1.65. The van der Waals surface area contributed by atoms with Crippen LogP contribution in [0.25, 0.3) is 0 Å². The molecule has 2 atom stereocenters. The van der Waals surface area contributed by atoms with Gasteiger partial charge >= 0.3 is 5.97 Å². The molecule has 1 aromatic carbocycles. The molecule has 1 aliphatic heterocycles. The average Bonchev–Trinajstić information content (AvgIpc) is 2.49. The first-order valence-electron chi connectivity index (χ1n) is 6.84. The van der Waals surface area contributed by atoms with Crippen molar-refractivity contribution in [1.82, 2.24) is 5.32 Å². The molecule has 1 heterocycles. The van der Waals surface area contributed by atoms with E-state index in [1.165, 1.54) is 7.11 Å². The van der Waals surface area contributed by atoms with Crippen LogP contribution in [0.15, 0.2) is 24.3 Å². The predicted molar refractivity (Wildman–Crippen MR) is 78.0 cm³/mol. The molecule has 5 heteroatoms. The van der Waals surface area contributed by atoms with E-state index in [9.17, 15) is 4.79 Å². The zero-order valence-corrected chi connectivity index (χ0v) is 12.2. The molecule has 0 bridgehead atoms. The summed E-state index contributed by atoms with van der Waals surface area (Å²) in [5.74, 6) is 0.681. The number of anilines is 1. The summed E-state index contributed by atoms with van der Waals surface area (Å²) in [7, 11) is 3.06. The molecule has 20 heavy (non-hydrogen) atoms. The molecular formula is C15H22N2O3. The van der Waals surface area contributed by atoms with Gasteiger partial charge in [-0.1, -0.05) is 13.0 Å². The fourth-order valence-electron chi connectivity index (χ4n) is 2.71. The molecule has 2 N–H and O–H groups in total. The van der Waals surface area contributed by atoms with Gasteiger partial charge in [-0.2, -0.15) is 0 Å². The Morgan fingerprint density at radius 3 is 2.90 bits per heavy atom. The first-order valence-corrected chi connectivity index (χ1v) is 6.84. The summed E-state index contributed by atoms with van der Waals surface area (Å²) in [5, 5.41) is 6.68. The van der Waals surface area contributed by atoms with Crippen LogP contribution >= 0.6 is 0 Å². The van der Waals surface area contributed by atoms with E-state index in [0.29, 0.717) is 6.42 Å². The van der Waals surface area contributed by atoms with Gasteiger partial charge in [0.25, 0.3) is 0 Å². The normalized spacial score (nSPS) is 25.9. The number of benzene rings is 1. The second-order valence-corrected chi connectivity index (χ2v) is 5.18. The van der Waals surface area contributed by atoms with Crippen LogP contribution in [-0.4, -0.2) is 38.8 Å². The molecule has 110 valence electrons. The van der Waals surface area contributed by atoms with Crippen molar-refractivity contribution in [1.29, 1.82) is 0 Å². The van der Waals surface area contributed by atoms with Crippen molar-refractivity contribution in [2.45, 2.75) is 18.9 Å². The van der Waals surface area contributed by atoms with Crippen molar-refractivity contribution in [2.75, 3.05) is 32.6 Å². The number of carbonyl (C=O) groups excluding carboxylic acids is 1. The third-order valence-corrected chi connectivity index (χ3v) is 3.97. The molecular weight excluding hydrogens is 256 g/mol. The summed E-state index contributed by atoms with van der Waals surface area (Å²) in [4.78, 5) is 12.3. The summed E-state index contributed by atoms with van der Waals surface area (Å²) in [6, 6.07) is 7.60. The Kier molecular flexibility index (Phi) is 4.49. The minimum Gasteiger partial charge on any atom is -0.497 e. The maximum Gasteiger partial charge on any atom is 0.331 e. The van der Waals surface area contributed by atoms with Crippen LogP contribution in [-0.2, 0) is 9.53 Å². The number of rotatable bonds is 4. The number of carbonyl (C=O) groups is 1. The first kappa shape index (κ1) is 14.7. The highest BCUT2D eigenvalue weighted by Crippen LogP contribution is 2.31. The Morgan fingerprint density at radius 1 is 1.45 bits per heavy atom. The highest BCUT2D eigenvalue weighted by atomic mass is 16.5. The smallest absolute Gasteiger partial charge is 0.331 e. The Balaban J connectivity index is 2.29. The number of methoxy groups -OCH3 is 2. The Hall–Kier alpha value is -1.75. The Bertz CT molecular complexity index is 478. The third kappa shape index (κ3) is 2.72. The van der Waals surface area contributed by atoms with E-state index >= 15 is 0 Å². The fraction of sp³-hybridized carbons (Fsp3) is 0.533. The number of ether oxygens (including phenoxy) is 2. The number of piperidine rings is 1. The lowest BCUT2D eigenvalue weighted by molar-refractivity contribution is -0.148. The third-order valence-electron chi connectivity index (χ3n) is 3.97. The van der Waals surface area contributed by atoms with Crippen molar-refractivity contribution in [2.24, 2.45) is 5.92 Å². The zero-order chi connectivity index (χ0) is 14.6. The molecule has 1 aromatic rings. The summed E-state index contributed by atoms with van der Waals surface area (Å²) in [5.41, 5.74) is 0.176. The highest BCUT2D eigenvalue weighted by Gasteiger charge is 2.46. The number of hydrogen-bond acceptors (Lipinski definition) is 5. The van der Waals surface area contributed by atoms with Gasteiger partial charge in [0.15, 0.2) is 0 Å². The molecule has 5 nitrogen and oxygen atoms in total. The maximum atomic E-state index is 12.3. The van der Waals surface area contributed by atoms with Crippen molar-refractivity contribution in [3.63, 3.8) is 0 Å². The van der Waals surface area contributed by atoms with Crippen LogP contribution in [0.1, 0.15) is 13.3 Å². The number of nitrogens with one attached hydrogen (secondary N) is 2. The minimum absolute atomic E-state index is 0.134. The standard InChI is InChI=1S/C15H22N2O3/c1-11-10-16-8-7-15(11,14(18)20-3)17-12-5-4-6-13(9-12)19-2/h4-6,9,11,16-17H,7-8,10H2,1-3H3. The molecule has 0 spiro atoms. The fourth-order valence-corrected chi connectivity index (χ4v) is 2.71. The number of esters is 1. The largest absolute Gasteiger partial charge is 0.497 e. The van der Waals surface area contributed by atoms with Crippen LogP contribution in [0.4, 0.5) is 5.69 Å². The van der Waals surface area contributed by atoms with Gasteiger partial charge in [0, 0.05) is 24.2 Å². The van der Waals surface area contributed by atoms with E-state index in [2.05, 4.69) is 17.6 Å². The van der Waals surface area contributed by atoms with E-state index in [-0.39, 0.29) is 11.9 Å². The van der Waals surface area contributed by atoms with E-state index in [4.69, 9.17) is 9.47 Å². The molecule has 0 radical (unpaired) electrons. The highest BCUT2D eigenvalue weighted by molar-refractivity contribution is 5.85. The average molecular weight is 278 g/mol. The molecule has 0 saturated carbocycles. The van der Waals surface area contributed by atoms with Gasteiger partial charge in [0.2, 0.25) is 0 Å². The van der Waals surface area contributed by atoms with Gasteiger partial charge in [-0.05, 0) is 25.1 Å². The van der Waals surface area contributed by atoms with E-state index < -0.39 is 5.54 Å². The first-order chi connectivity index (χ1) is 9.62. The van der Waals surface area contributed by atoms with Gasteiger partial charge in [-0.25, -0.2) is 4.79 Å². The van der Waals surface area contributed by atoms with E-state index in [1.54, 1.807) is 7.11 Å².